The molecular weight excluding hydrogens is 220 g/mol. The number of thiophene rings is 1. The highest BCUT2D eigenvalue weighted by Gasteiger charge is 2.18. The van der Waals surface area contributed by atoms with Gasteiger partial charge in [0.15, 0.2) is 0 Å². The van der Waals surface area contributed by atoms with E-state index in [-0.39, 0.29) is 11.3 Å². The minimum atomic E-state index is 0.0866. The van der Waals surface area contributed by atoms with Crippen molar-refractivity contribution in [2.24, 2.45) is 11.1 Å². The Morgan fingerprint density at radius 1 is 1.50 bits per heavy atom. The first kappa shape index (κ1) is 13.2. The van der Waals surface area contributed by atoms with E-state index in [9.17, 15) is 4.79 Å². The largest absolute Gasteiger partial charge is 0.330 e. The number of hydrogen-bond donors (Lipinski definition) is 2. The molecule has 16 heavy (non-hydrogen) atoms. The zero-order chi connectivity index (χ0) is 12.0. The minimum Gasteiger partial charge on any atom is -0.330 e. The topological polar surface area (TPSA) is 55.1 Å². The average Bonchev–Trinajstić information content (AvgIpc) is 2.68. The molecule has 0 spiro atoms. The highest BCUT2D eigenvalue weighted by molar-refractivity contribution is 7.08. The number of carbonyl (C=O) groups is 1. The van der Waals surface area contributed by atoms with Gasteiger partial charge in [0, 0.05) is 11.8 Å². The zero-order valence-electron chi connectivity index (χ0n) is 9.95. The van der Waals surface area contributed by atoms with Crippen LogP contribution < -0.4 is 11.1 Å². The number of anilines is 1. The summed E-state index contributed by atoms with van der Waals surface area (Å²) in [6.45, 7) is 4.98. The van der Waals surface area contributed by atoms with Crippen molar-refractivity contribution < 1.29 is 4.79 Å². The summed E-state index contributed by atoms with van der Waals surface area (Å²) in [6.07, 6.45) is 2.39. The zero-order valence-corrected chi connectivity index (χ0v) is 10.8. The lowest BCUT2D eigenvalue weighted by molar-refractivity contribution is -0.116. The quantitative estimate of drug-likeness (QED) is 0.803. The first-order valence-corrected chi connectivity index (χ1v) is 6.50. The fraction of sp³-hybridized carbons (Fsp3) is 0.583. The number of rotatable bonds is 6. The monoisotopic (exact) mass is 240 g/mol. The van der Waals surface area contributed by atoms with Crippen LogP contribution in [0.25, 0.3) is 0 Å². The first-order valence-electron chi connectivity index (χ1n) is 5.56. The van der Waals surface area contributed by atoms with Crippen molar-refractivity contribution in [2.75, 3.05) is 11.9 Å². The molecule has 1 aromatic heterocycles. The highest BCUT2D eigenvalue weighted by Crippen LogP contribution is 2.26. The number of hydrogen-bond acceptors (Lipinski definition) is 3. The van der Waals surface area contributed by atoms with Gasteiger partial charge in [0.1, 0.15) is 0 Å². The Hall–Kier alpha value is -0.870. The molecule has 1 heterocycles. The Morgan fingerprint density at radius 2 is 2.25 bits per heavy atom. The second-order valence-electron chi connectivity index (χ2n) is 4.76. The molecule has 1 aromatic rings. The lowest BCUT2D eigenvalue weighted by Gasteiger charge is -2.23. The lowest BCUT2D eigenvalue weighted by atomic mass is 9.84. The highest BCUT2D eigenvalue weighted by atomic mass is 32.1. The second-order valence-corrected chi connectivity index (χ2v) is 5.54. The molecule has 3 nitrogen and oxygen atoms in total. The van der Waals surface area contributed by atoms with Crippen LogP contribution in [-0.4, -0.2) is 12.5 Å². The van der Waals surface area contributed by atoms with E-state index in [1.807, 2.05) is 16.8 Å². The van der Waals surface area contributed by atoms with Crippen LogP contribution in [0, 0.1) is 5.41 Å². The predicted molar refractivity (Wildman–Crippen MR) is 69.6 cm³/mol. The average molecular weight is 240 g/mol. The molecule has 0 atom stereocenters. The predicted octanol–water partition coefficient (Wildman–Crippen LogP) is 2.84. The van der Waals surface area contributed by atoms with Crippen LogP contribution in [0.3, 0.4) is 0 Å². The van der Waals surface area contributed by atoms with Crippen molar-refractivity contribution in [3.05, 3.63) is 16.8 Å². The molecule has 0 aliphatic rings. The first-order chi connectivity index (χ1) is 7.53. The smallest absolute Gasteiger partial charge is 0.224 e. The summed E-state index contributed by atoms with van der Waals surface area (Å²) in [6, 6.07) is 1.91. The minimum absolute atomic E-state index is 0.0866. The number of carbonyl (C=O) groups excluding carboxylic acids is 1. The van der Waals surface area contributed by atoms with E-state index in [0.29, 0.717) is 13.0 Å². The summed E-state index contributed by atoms with van der Waals surface area (Å²) in [5.41, 5.74) is 6.58. The van der Waals surface area contributed by atoms with E-state index in [1.165, 1.54) is 0 Å². The van der Waals surface area contributed by atoms with E-state index in [1.54, 1.807) is 11.3 Å². The summed E-state index contributed by atoms with van der Waals surface area (Å²) in [5.74, 6) is 0.0866. The fourth-order valence-corrected chi connectivity index (χ4v) is 2.11. The molecule has 0 radical (unpaired) electrons. The molecule has 0 aliphatic heterocycles. The Bertz CT molecular complexity index is 320. The van der Waals surface area contributed by atoms with Crippen molar-refractivity contribution in [1.82, 2.24) is 0 Å². The van der Waals surface area contributed by atoms with Crippen LogP contribution in [0.4, 0.5) is 5.69 Å². The van der Waals surface area contributed by atoms with E-state index in [0.717, 1.165) is 18.5 Å². The van der Waals surface area contributed by atoms with Crippen LogP contribution in [0.15, 0.2) is 16.8 Å². The molecule has 0 saturated carbocycles. The third-order valence-corrected chi connectivity index (χ3v) is 3.34. The van der Waals surface area contributed by atoms with Gasteiger partial charge in [-0.15, -0.1) is 0 Å². The molecule has 0 bridgehead atoms. The summed E-state index contributed by atoms with van der Waals surface area (Å²) < 4.78 is 0. The van der Waals surface area contributed by atoms with Crippen LogP contribution in [0.2, 0.25) is 0 Å². The van der Waals surface area contributed by atoms with Gasteiger partial charge in [0.2, 0.25) is 5.91 Å². The molecular formula is C12H20N2OS. The molecule has 0 aliphatic carbocycles. The van der Waals surface area contributed by atoms with Gasteiger partial charge in [-0.2, -0.15) is 11.3 Å². The number of amides is 1. The SMILES string of the molecule is CC(C)(CCN)CCC(=O)Nc1ccsc1. The van der Waals surface area contributed by atoms with Gasteiger partial charge in [-0.05, 0) is 36.2 Å². The van der Waals surface area contributed by atoms with Gasteiger partial charge in [-0.25, -0.2) is 0 Å². The van der Waals surface area contributed by atoms with E-state index in [4.69, 9.17) is 5.73 Å². The Morgan fingerprint density at radius 3 is 2.81 bits per heavy atom. The van der Waals surface area contributed by atoms with Crippen molar-refractivity contribution in [3.8, 4) is 0 Å². The van der Waals surface area contributed by atoms with Gasteiger partial charge < -0.3 is 11.1 Å². The maximum Gasteiger partial charge on any atom is 0.224 e. The van der Waals surface area contributed by atoms with Crippen LogP contribution in [-0.2, 0) is 4.79 Å². The normalized spacial score (nSPS) is 11.4. The van der Waals surface area contributed by atoms with Gasteiger partial charge in [0.05, 0.1) is 5.69 Å². The molecule has 3 N–H and O–H groups in total. The summed E-state index contributed by atoms with van der Waals surface area (Å²) in [5, 5.41) is 6.76. The van der Waals surface area contributed by atoms with Crippen molar-refractivity contribution >= 4 is 22.9 Å². The standard InChI is InChI=1S/C12H20N2OS/c1-12(2,6-7-13)5-3-11(15)14-10-4-8-16-9-10/h4,8-9H,3,5-7,13H2,1-2H3,(H,14,15). The van der Waals surface area contributed by atoms with Crippen LogP contribution in [0.1, 0.15) is 33.1 Å². The Balaban J connectivity index is 2.30. The van der Waals surface area contributed by atoms with E-state index < -0.39 is 0 Å². The van der Waals surface area contributed by atoms with Crippen molar-refractivity contribution in [2.45, 2.75) is 33.1 Å². The van der Waals surface area contributed by atoms with Crippen LogP contribution >= 0.6 is 11.3 Å². The molecule has 1 rings (SSSR count). The Labute approximate surface area is 101 Å². The van der Waals surface area contributed by atoms with Gasteiger partial charge in [-0.1, -0.05) is 13.8 Å². The molecule has 0 fully saturated rings. The maximum absolute atomic E-state index is 11.6. The Kier molecular flexibility index (Phi) is 4.96. The van der Waals surface area contributed by atoms with E-state index in [2.05, 4.69) is 19.2 Å². The third kappa shape index (κ3) is 4.77. The molecule has 1 amide bonds. The lowest BCUT2D eigenvalue weighted by Crippen LogP contribution is -2.20. The van der Waals surface area contributed by atoms with Crippen molar-refractivity contribution in [1.29, 1.82) is 0 Å². The summed E-state index contributed by atoms with van der Waals surface area (Å²) in [4.78, 5) is 11.6. The van der Waals surface area contributed by atoms with Gasteiger partial charge >= 0.3 is 0 Å². The molecule has 0 aromatic carbocycles. The molecule has 4 heteroatoms. The maximum atomic E-state index is 11.6. The number of nitrogens with two attached hydrogens (primary N) is 1. The third-order valence-electron chi connectivity index (χ3n) is 2.65. The van der Waals surface area contributed by atoms with Gasteiger partial charge in [0.25, 0.3) is 0 Å². The number of nitrogens with one attached hydrogen (secondary N) is 1. The summed E-state index contributed by atoms with van der Waals surface area (Å²) in [7, 11) is 0. The molecule has 90 valence electrons. The van der Waals surface area contributed by atoms with Crippen LogP contribution in [0.5, 0.6) is 0 Å². The summed E-state index contributed by atoms with van der Waals surface area (Å²) >= 11 is 1.58. The van der Waals surface area contributed by atoms with E-state index >= 15 is 0 Å². The van der Waals surface area contributed by atoms with Crippen molar-refractivity contribution in [3.63, 3.8) is 0 Å². The second kappa shape index (κ2) is 6.01. The molecule has 0 unspecified atom stereocenters. The fourth-order valence-electron chi connectivity index (χ4n) is 1.53. The molecule has 0 saturated heterocycles. The van der Waals surface area contributed by atoms with Gasteiger partial charge in [-0.3, -0.25) is 4.79 Å².